The Hall–Kier alpha value is -2.76. The van der Waals surface area contributed by atoms with Crippen LogP contribution in [0.1, 0.15) is 11.5 Å². The molecule has 2 aromatic rings. The lowest BCUT2D eigenvalue weighted by Crippen LogP contribution is -2.33. The van der Waals surface area contributed by atoms with E-state index in [-0.39, 0.29) is 17.5 Å². The average molecular weight is 330 g/mol. The Balaban J connectivity index is 1.88. The minimum atomic E-state index is -1.14. The van der Waals surface area contributed by atoms with E-state index in [2.05, 4.69) is 5.32 Å². The van der Waals surface area contributed by atoms with Gasteiger partial charge < -0.3 is 10.2 Å². The fourth-order valence-corrected chi connectivity index (χ4v) is 3.00. The van der Waals surface area contributed by atoms with Gasteiger partial charge in [0.2, 0.25) is 11.8 Å². The van der Waals surface area contributed by atoms with Gasteiger partial charge in [0.1, 0.15) is 5.92 Å². The fourth-order valence-electron chi connectivity index (χ4n) is 3.00. The van der Waals surface area contributed by atoms with E-state index in [1.165, 1.54) is 17.0 Å². The third-order valence-electron chi connectivity index (χ3n) is 4.23. The lowest BCUT2D eigenvalue weighted by atomic mass is 9.88. The number of carbonyl (C=O) groups is 2. The maximum Gasteiger partial charge on any atom is 0.237 e. The first-order valence-corrected chi connectivity index (χ1v) is 7.54. The first kappa shape index (κ1) is 16.1. The van der Waals surface area contributed by atoms with Crippen molar-refractivity contribution >= 4 is 17.5 Å². The summed E-state index contributed by atoms with van der Waals surface area (Å²) in [5.41, 5.74) is 0.587. The van der Waals surface area contributed by atoms with Gasteiger partial charge in [0, 0.05) is 19.5 Å². The predicted molar refractivity (Wildman–Crippen MR) is 85.3 cm³/mol. The average Bonchev–Trinajstić information content (AvgIpc) is 2.88. The molecule has 0 spiro atoms. The fraction of sp³-hybridized carbons (Fsp3) is 0.222. The monoisotopic (exact) mass is 330 g/mol. The van der Waals surface area contributed by atoms with Crippen molar-refractivity contribution in [3.8, 4) is 0 Å². The van der Waals surface area contributed by atoms with Crippen molar-refractivity contribution in [2.75, 3.05) is 18.9 Å². The third kappa shape index (κ3) is 2.87. The molecule has 124 valence electrons. The predicted octanol–water partition coefficient (Wildman–Crippen LogP) is 2.78. The number of benzene rings is 2. The number of nitrogens with zero attached hydrogens (tertiary/aromatic N) is 1. The van der Waals surface area contributed by atoms with Gasteiger partial charge in [0.05, 0.1) is 5.69 Å². The van der Waals surface area contributed by atoms with Gasteiger partial charge in [-0.05, 0) is 17.7 Å². The molecule has 0 radical (unpaired) electrons. The molecule has 2 aromatic carbocycles. The Morgan fingerprint density at radius 2 is 1.83 bits per heavy atom. The molecule has 1 N–H and O–H groups in total. The zero-order valence-corrected chi connectivity index (χ0v) is 13.0. The lowest BCUT2D eigenvalue weighted by Gasteiger charge is -2.17. The van der Waals surface area contributed by atoms with Gasteiger partial charge >= 0.3 is 0 Å². The van der Waals surface area contributed by atoms with Crippen molar-refractivity contribution in [1.29, 1.82) is 0 Å². The van der Waals surface area contributed by atoms with Crippen molar-refractivity contribution < 1.29 is 18.4 Å². The second-order valence-electron chi connectivity index (χ2n) is 5.80. The van der Waals surface area contributed by atoms with Crippen LogP contribution in [0.4, 0.5) is 14.5 Å². The normalized spacial score (nSPS) is 20.3. The summed E-state index contributed by atoms with van der Waals surface area (Å²) in [7, 11) is 1.62. The number of likely N-dealkylation sites (N-methyl/N-ethyl adjacent to an activating group) is 1. The quantitative estimate of drug-likeness (QED) is 0.880. The van der Waals surface area contributed by atoms with Crippen LogP contribution in [0.2, 0.25) is 0 Å². The van der Waals surface area contributed by atoms with E-state index in [1.54, 1.807) is 7.05 Å². The largest absolute Gasteiger partial charge is 0.344 e. The summed E-state index contributed by atoms with van der Waals surface area (Å²) in [5, 5.41) is 2.34. The third-order valence-corrected chi connectivity index (χ3v) is 4.23. The number of hydrogen-bond donors (Lipinski definition) is 1. The number of nitrogens with one attached hydrogen (secondary N) is 1. The number of rotatable bonds is 3. The Bertz CT molecular complexity index is 780. The topological polar surface area (TPSA) is 49.4 Å². The van der Waals surface area contributed by atoms with Crippen LogP contribution < -0.4 is 5.32 Å². The summed E-state index contributed by atoms with van der Waals surface area (Å²) in [6.45, 7) is 0.395. The molecule has 4 nitrogen and oxygen atoms in total. The Kier molecular flexibility index (Phi) is 4.29. The summed E-state index contributed by atoms with van der Waals surface area (Å²) >= 11 is 0. The van der Waals surface area contributed by atoms with Gasteiger partial charge in [-0.2, -0.15) is 0 Å². The van der Waals surface area contributed by atoms with Gasteiger partial charge in [0.15, 0.2) is 11.6 Å². The molecule has 1 fully saturated rings. The summed E-state index contributed by atoms with van der Waals surface area (Å²) in [4.78, 5) is 26.4. The minimum absolute atomic E-state index is 0.269. The molecule has 24 heavy (non-hydrogen) atoms. The van der Waals surface area contributed by atoms with Crippen LogP contribution in [0, 0.1) is 17.6 Å². The lowest BCUT2D eigenvalue weighted by molar-refractivity contribution is -0.135. The highest BCUT2D eigenvalue weighted by atomic mass is 19.2. The highest BCUT2D eigenvalue weighted by molar-refractivity contribution is 6.08. The van der Waals surface area contributed by atoms with E-state index < -0.39 is 23.5 Å². The molecule has 1 aliphatic heterocycles. The molecule has 1 saturated heterocycles. The Morgan fingerprint density at radius 1 is 1.12 bits per heavy atom. The molecule has 6 heteroatoms. The van der Waals surface area contributed by atoms with E-state index in [4.69, 9.17) is 0 Å². The van der Waals surface area contributed by atoms with Crippen LogP contribution in [0.15, 0.2) is 48.5 Å². The highest BCUT2D eigenvalue weighted by Crippen LogP contribution is 2.34. The summed E-state index contributed by atoms with van der Waals surface area (Å²) in [5.74, 6) is -4.47. The van der Waals surface area contributed by atoms with E-state index in [9.17, 15) is 18.4 Å². The van der Waals surface area contributed by atoms with E-state index >= 15 is 0 Å². The number of carbonyl (C=O) groups excluding carboxylic acids is 2. The molecule has 0 unspecified atom stereocenters. The zero-order chi connectivity index (χ0) is 17.3. The Labute approximate surface area is 138 Å². The maximum absolute atomic E-state index is 13.8. The zero-order valence-electron chi connectivity index (χ0n) is 13.0. The van der Waals surface area contributed by atoms with Crippen molar-refractivity contribution in [2.45, 2.75) is 5.92 Å². The van der Waals surface area contributed by atoms with Crippen LogP contribution in [0.25, 0.3) is 0 Å². The second-order valence-corrected chi connectivity index (χ2v) is 5.80. The van der Waals surface area contributed by atoms with Gasteiger partial charge in [-0.3, -0.25) is 9.59 Å². The maximum atomic E-state index is 13.8. The van der Waals surface area contributed by atoms with Gasteiger partial charge in [-0.25, -0.2) is 8.78 Å². The molecule has 0 aromatic heterocycles. The van der Waals surface area contributed by atoms with Crippen LogP contribution in [-0.4, -0.2) is 30.3 Å². The van der Waals surface area contributed by atoms with Gasteiger partial charge in [-0.1, -0.05) is 36.4 Å². The molecule has 0 bridgehead atoms. The smallest absolute Gasteiger partial charge is 0.237 e. The van der Waals surface area contributed by atoms with Crippen molar-refractivity contribution in [2.24, 2.45) is 5.92 Å². The van der Waals surface area contributed by atoms with E-state index in [1.807, 2.05) is 30.3 Å². The van der Waals surface area contributed by atoms with Crippen molar-refractivity contribution in [1.82, 2.24) is 4.90 Å². The summed E-state index contributed by atoms with van der Waals surface area (Å²) in [6.07, 6.45) is 0. The number of hydrogen-bond acceptors (Lipinski definition) is 2. The summed E-state index contributed by atoms with van der Waals surface area (Å²) in [6, 6.07) is 12.7. The summed E-state index contributed by atoms with van der Waals surface area (Å²) < 4.78 is 27.0. The van der Waals surface area contributed by atoms with Crippen LogP contribution in [0.5, 0.6) is 0 Å². The number of anilines is 1. The standard InChI is InChI=1S/C18H16F2N2O2/c1-22-10-12(11-6-3-2-4-7-11)15(18(22)24)17(23)21-14-9-5-8-13(19)16(14)20/h2-9,12,15H,10H2,1H3,(H,21,23)/t12-,15+/m1/s1. The molecule has 2 amide bonds. The minimum Gasteiger partial charge on any atom is -0.344 e. The molecule has 0 saturated carbocycles. The number of likely N-dealkylation sites (tertiary alicyclic amines) is 1. The Morgan fingerprint density at radius 3 is 2.54 bits per heavy atom. The van der Waals surface area contributed by atoms with Gasteiger partial charge in [0.25, 0.3) is 0 Å². The van der Waals surface area contributed by atoms with Crippen molar-refractivity contribution in [3.05, 3.63) is 65.7 Å². The first-order valence-electron chi connectivity index (χ1n) is 7.54. The molecular weight excluding hydrogens is 314 g/mol. The molecule has 0 aliphatic carbocycles. The molecule has 1 heterocycles. The molecule has 1 aliphatic rings. The van der Waals surface area contributed by atoms with E-state index in [0.717, 1.165) is 11.6 Å². The van der Waals surface area contributed by atoms with Crippen LogP contribution in [0.3, 0.4) is 0 Å². The van der Waals surface area contributed by atoms with Crippen LogP contribution in [-0.2, 0) is 9.59 Å². The second kappa shape index (κ2) is 6.39. The first-order chi connectivity index (χ1) is 11.5. The number of halogens is 2. The SMILES string of the molecule is CN1C[C@H](c2ccccc2)[C@@H](C(=O)Nc2cccc(F)c2F)C1=O. The van der Waals surface area contributed by atoms with Gasteiger partial charge in [-0.15, -0.1) is 0 Å². The highest BCUT2D eigenvalue weighted by Gasteiger charge is 2.44. The van der Waals surface area contributed by atoms with Crippen molar-refractivity contribution in [3.63, 3.8) is 0 Å². The van der Waals surface area contributed by atoms with Crippen LogP contribution >= 0.6 is 0 Å². The van der Waals surface area contributed by atoms with E-state index in [0.29, 0.717) is 6.54 Å². The number of amides is 2. The molecule has 2 atom stereocenters. The molecule has 3 rings (SSSR count). The molecular formula is C18H16F2N2O2.